The molecule has 3 N–H and O–H groups in total. The molecule has 0 aliphatic carbocycles. The number of hydrogen-bond acceptors (Lipinski definition) is 5. The molecule has 0 aliphatic heterocycles. The third kappa shape index (κ3) is 5.73. The van der Waals surface area contributed by atoms with Crippen LogP contribution in [-0.4, -0.2) is 42.8 Å². The Bertz CT molecular complexity index is 965. The second-order valence-corrected chi connectivity index (χ2v) is 6.63. The lowest BCUT2D eigenvalue weighted by atomic mass is 9.78. The fraction of sp³-hybridized carbons (Fsp3) is 0.227. The quantitative estimate of drug-likeness (QED) is 0.401. The number of alkyl halides is 3. The highest BCUT2D eigenvalue weighted by molar-refractivity contribution is 5.92. The van der Waals surface area contributed by atoms with Gasteiger partial charge in [0, 0.05) is 12.2 Å². The fourth-order valence-electron chi connectivity index (χ4n) is 3.27. The van der Waals surface area contributed by atoms with Crippen LogP contribution in [0.25, 0.3) is 0 Å². The number of likely N-dealkylation sites (N-methyl/N-ethyl adjacent to an activating group) is 1. The summed E-state index contributed by atoms with van der Waals surface area (Å²) >= 11 is 0. The number of nitrogens with one attached hydrogen (secondary N) is 2. The van der Waals surface area contributed by atoms with Crippen LogP contribution in [0.4, 0.5) is 13.2 Å². The Balaban J connectivity index is 2.47. The lowest BCUT2D eigenvalue weighted by Gasteiger charge is -2.43. The minimum Gasteiger partial charge on any atom is -0.478 e. The lowest BCUT2D eigenvalue weighted by Crippen LogP contribution is -2.62. The number of ether oxygens (including phenoxy) is 1. The van der Waals surface area contributed by atoms with Crippen molar-refractivity contribution in [3.8, 4) is 0 Å². The molecule has 0 aromatic heterocycles. The topological polar surface area (TPSA) is 105 Å². The van der Waals surface area contributed by atoms with E-state index >= 15 is 0 Å². The van der Waals surface area contributed by atoms with E-state index in [9.17, 15) is 27.6 Å². The van der Waals surface area contributed by atoms with Crippen molar-refractivity contribution in [3.05, 3.63) is 83.9 Å². The zero-order valence-electron chi connectivity index (χ0n) is 16.9. The highest BCUT2D eigenvalue weighted by Crippen LogP contribution is 2.47. The number of hydrogen-bond donors (Lipinski definition) is 3. The largest absolute Gasteiger partial charge is 0.478 e. The smallest absolute Gasteiger partial charge is 0.417 e. The monoisotopic (exact) mass is 450 g/mol. The summed E-state index contributed by atoms with van der Waals surface area (Å²) in [6.07, 6.45) is -3.94. The zero-order valence-corrected chi connectivity index (χ0v) is 16.9. The molecule has 2 aromatic rings. The van der Waals surface area contributed by atoms with Crippen LogP contribution in [0.3, 0.4) is 0 Å². The Morgan fingerprint density at radius 3 is 2.06 bits per heavy atom. The average molecular weight is 450 g/mol. The predicted molar refractivity (Wildman–Crippen MR) is 108 cm³/mol. The summed E-state index contributed by atoms with van der Waals surface area (Å²) in [4.78, 5) is 34.5. The highest BCUT2D eigenvalue weighted by Gasteiger charge is 2.61. The van der Waals surface area contributed by atoms with E-state index in [4.69, 9.17) is 5.11 Å². The van der Waals surface area contributed by atoms with E-state index in [0.29, 0.717) is 12.2 Å². The molecule has 32 heavy (non-hydrogen) atoms. The van der Waals surface area contributed by atoms with Gasteiger partial charge in [-0.3, -0.25) is 4.79 Å². The van der Waals surface area contributed by atoms with Gasteiger partial charge in [-0.2, -0.15) is 13.2 Å². The molecule has 1 amide bonds. The summed E-state index contributed by atoms with van der Waals surface area (Å²) in [5, 5.41) is 13.2. The predicted octanol–water partition coefficient (Wildman–Crippen LogP) is 2.71. The highest BCUT2D eigenvalue weighted by atomic mass is 19.4. The maximum absolute atomic E-state index is 14.7. The van der Waals surface area contributed by atoms with E-state index in [2.05, 4.69) is 10.1 Å². The molecule has 2 unspecified atom stereocenters. The van der Waals surface area contributed by atoms with Gasteiger partial charge in [0.2, 0.25) is 0 Å². The molecule has 0 bridgehead atoms. The second kappa shape index (κ2) is 10.6. The number of rotatable bonds is 9. The normalized spacial score (nSPS) is 14.4. The molecule has 0 heterocycles. The molecule has 2 rings (SSSR count). The van der Waals surface area contributed by atoms with Gasteiger partial charge in [0.1, 0.15) is 0 Å². The minimum atomic E-state index is -4.97. The summed E-state index contributed by atoms with van der Waals surface area (Å²) < 4.78 is 48.7. The summed E-state index contributed by atoms with van der Waals surface area (Å²) in [5.74, 6) is -3.83. The molecule has 0 saturated carbocycles. The number of carbonyl (C=O) groups excluding carboxylic acids is 2. The molecule has 7 nitrogen and oxygen atoms in total. The van der Waals surface area contributed by atoms with Gasteiger partial charge in [-0.1, -0.05) is 60.7 Å². The maximum atomic E-state index is 14.7. The first kappa shape index (κ1) is 24.6. The van der Waals surface area contributed by atoms with Crippen LogP contribution in [-0.2, 0) is 24.7 Å². The van der Waals surface area contributed by atoms with Crippen molar-refractivity contribution < 1.29 is 37.4 Å². The molecule has 2 atom stereocenters. The first-order valence-electron chi connectivity index (χ1n) is 9.35. The van der Waals surface area contributed by atoms with Gasteiger partial charge in [-0.25, -0.2) is 9.59 Å². The van der Waals surface area contributed by atoms with Gasteiger partial charge in [-0.05, 0) is 18.2 Å². The molecule has 0 aliphatic rings. The van der Waals surface area contributed by atoms with Gasteiger partial charge >= 0.3 is 18.1 Å². The molecule has 2 aromatic carbocycles. The van der Waals surface area contributed by atoms with Crippen LogP contribution in [0.5, 0.6) is 0 Å². The van der Waals surface area contributed by atoms with Crippen molar-refractivity contribution in [1.82, 2.24) is 10.6 Å². The van der Waals surface area contributed by atoms with Crippen molar-refractivity contribution in [2.45, 2.75) is 17.8 Å². The van der Waals surface area contributed by atoms with Crippen molar-refractivity contribution in [2.75, 3.05) is 13.7 Å². The Kier molecular flexibility index (Phi) is 8.14. The number of carbonyl (C=O) groups is 3. The molecule has 10 heteroatoms. The van der Waals surface area contributed by atoms with E-state index < -0.39 is 42.2 Å². The lowest BCUT2D eigenvalue weighted by molar-refractivity contribution is -0.213. The van der Waals surface area contributed by atoms with E-state index in [-0.39, 0.29) is 11.1 Å². The standard InChI is InChI=1S/C22H21F3N2O5/c1-26-20(15-8-4-2-5-9-15)21(22(23,24)25,16-10-6-3-7-11-16)27-17(28)14-32-19(31)13-12-18(29)30/h2-13,20,26H,14H2,1H3,(H,27,28)(H,29,30)/b13-12-. The molecule has 170 valence electrons. The van der Waals surface area contributed by atoms with E-state index in [1.165, 1.54) is 43.4 Å². The minimum absolute atomic E-state index is 0.235. The van der Waals surface area contributed by atoms with Crippen LogP contribution in [0.2, 0.25) is 0 Å². The third-order valence-electron chi connectivity index (χ3n) is 4.57. The first-order valence-corrected chi connectivity index (χ1v) is 9.35. The maximum Gasteiger partial charge on any atom is 0.417 e. The molecular weight excluding hydrogens is 429 g/mol. The summed E-state index contributed by atoms with van der Waals surface area (Å²) in [6.45, 7) is -1.04. The number of esters is 1. The molecule has 0 radical (unpaired) electrons. The van der Waals surface area contributed by atoms with Gasteiger partial charge in [-0.15, -0.1) is 0 Å². The van der Waals surface area contributed by atoms with Crippen LogP contribution in [0, 0.1) is 0 Å². The van der Waals surface area contributed by atoms with Gasteiger partial charge in [0.15, 0.2) is 12.1 Å². The Morgan fingerprint density at radius 2 is 1.56 bits per heavy atom. The average Bonchev–Trinajstić information content (AvgIpc) is 2.76. The van der Waals surface area contributed by atoms with Crippen LogP contribution in [0.1, 0.15) is 17.2 Å². The van der Waals surface area contributed by atoms with E-state index in [1.54, 1.807) is 24.3 Å². The van der Waals surface area contributed by atoms with Crippen LogP contribution >= 0.6 is 0 Å². The molecule has 0 saturated heterocycles. The van der Waals surface area contributed by atoms with E-state index in [1.807, 2.05) is 5.32 Å². The van der Waals surface area contributed by atoms with Crippen molar-refractivity contribution in [1.29, 1.82) is 0 Å². The first-order chi connectivity index (χ1) is 15.1. The van der Waals surface area contributed by atoms with Crippen molar-refractivity contribution in [3.63, 3.8) is 0 Å². The zero-order chi connectivity index (χ0) is 23.8. The Labute approximate surface area is 181 Å². The Hall–Kier alpha value is -3.66. The van der Waals surface area contributed by atoms with Crippen LogP contribution < -0.4 is 10.6 Å². The molecular formula is C22H21F3N2O5. The summed E-state index contributed by atoms with van der Waals surface area (Å²) in [6, 6.07) is 13.2. The van der Waals surface area contributed by atoms with Crippen LogP contribution in [0.15, 0.2) is 72.8 Å². The van der Waals surface area contributed by atoms with Gasteiger partial charge in [0.25, 0.3) is 5.91 Å². The van der Waals surface area contributed by atoms with Gasteiger partial charge in [0.05, 0.1) is 6.04 Å². The molecule has 0 fully saturated rings. The summed E-state index contributed by atoms with van der Waals surface area (Å²) in [7, 11) is 1.34. The summed E-state index contributed by atoms with van der Waals surface area (Å²) in [5.41, 5.74) is -2.89. The van der Waals surface area contributed by atoms with E-state index in [0.717, 1.165) is 0 Å². The van der Waals surface area contributed by atoms with Crippen molar-refractivity contribution >= 4 is 17.8 Å². The number of carboxylic acid groups (broad SMARTS) is 1. The number of halogens is 3. The number of carboxylic acids is 1. The molecule has 0 spiro atoms. The second-order valence-electron chi connectivity index (χ2n) is 6.63. The van der Waals surface area contributed by atoms with Crippen molar-refractivity contribution in [2.24, 2.45) is 0 Å². The number of benzene rings is 2. The Morgan fingerprint density at radius 1 is 1.00 bits per heavy atom. The number of aliphatic carboxylic acids is 1. The SMILES string of the molecule is CNC(c1ccccc1)C(NC(=O)COC(=O)/C=C\C(=O)O)(c1ccccc1)C(F)(F)F. The number of amides is 1. The third-order valence-corrected chi connectivity index (χ3v) is 4.57. The van der Waals surface area contributed by atoms with Gasteiger partial charge < -0.3 is 20.5 Å². The fourth-order valence-corrected chi connectivity index (χ4v) is 3.27.